The molecule has 1 heterocycles. The summed E-state index contributed by atoms with van der Waals surface area (Å²) in [7, 11) is 0. The summed E-state index contributed by atoms with van der Waals surface area (Å²) in [6.45, 7) is 3.86. The second kappa shape index (κ2) is 9.68. The number of rotatable bonds is 5. The number of hydrogen-bond acceptors (Lipinski definition) is 4. The molecule has 3 rings (SSSR count). The maximum Gasteiger partial charge on any atom is 0.104 e. The molecule has 29 heavy (non-hydrogen) atoms. The van der Waals surface area contributed by atoms with Gasteiger partial charge in [-0.2, -0.15) is 0 Å². The van der Waals surface area contributed by atoms with Gasteiger partial charge in [-0.1, -0.05) is 53.4 Å². The van der Waals surface area contributed by atoms with Crippen molar-refractivity contribution in [2.75, 3.05) is 6.61 Å². The normalized spacial score (nSPS) is 12.2. The van der Waals surface area contributed by atoms with Gasteiger partial charge >= 0.3 is 0 Å². The highest BCUT2D eigenvalue weighted by molar-refractivity contribution is 6.00. The zero-order valence-corrected chi connectivity index (χ0v) is 16.6. The standard InChI is InChI=1S/C25H24N2O2/c1-18-6-3-4-8-23(18)24(21-11-9-20(10-12-21)7-5-15-28)17-25(27-29)22-13-14-26-19(2)16-22/h3-4,6,8-14,16,24,28-29H,15,17H2,1-2H3/b27-25+. The van der Waals surface area contributed by atoms with E-state index in [0.717, 1.165) is 22.4 Å². The van der Waals surface area contributed by atoms with Crippen LogP contribution in [-0.2, 0) is 0 Å². The molecule has 0 radical (unpaired) electrons. The Morgan fingerprint density at radius 2 is 1.83 bits per heavy atom. The van der Waals surface area contributed by atoms with Crippen molar-refractivity contribution in [3.05, 3.63) is 100 Å². The summed E-state index contributed by atoms with van der Waals surface area (Å²) in [6.07, 6.45) is 2.28. The summed E-state index contributed by atoms with van der Waals surface area (Å²) in [4.78, 5) is 4.23. The predicted molar refractivity (Wildman–Crippen MR) is 115 cm³/mol. The van der Waals surface area contributed by atoms with Gasteiger partial charge in [-0.3, -0.25) is 4.98 Å². The van der Waals surface area contributed by atoms with Crippen LogP contribution in [0.4, 0.5) is 0 Å². The van der Waals surface area contributed by atoms with Crippen LogP contribution in [0.3, 0.4) is 0 Å². The minimum Gasteiger partial charge on any atom is -0.411 e. The summed E-state index contributed by atoms with van der Waals surface area (Å²) in [5.74, 6) is 5.62. The first-order valence-corrected chi connectivity index (χ1v) is 9.51. The van der Waals surface area contributed by atoms with Crippen LogP contribution in [0.1, 0.15) is 45.8 Å². The first-order chi connectivity index (χ1) is 14.1. The molecule has 3 aromatic rings. The van der Waals surface area contributed by atoms with Crippen molar-refractivity contribution in [1.29, 1.82) is 0 Å². The van der Waals surface area contributed by atoms with Crippen LogP contribution in [0.5, 0.6) is 0 Å². The molecule has 1 unspecified atom stereocenters. The molecule has 0 saturated carbocycles. The van der Waals surface area contributed by atoms with Gasteiger partial charge in [0.05, 0.1) is 5.71 Å². The van der Waals surface area contributed by atoms with Gasteiger partial charge in [-0.05, 0) is 54.8 Å². The SMILES string of the molecule is Cc1cc(/C(CC(c2ccc(C#CCO)cc2)c2ccccc2C)=N/O)ccn1. The molecule has 1 aromatic heterocycles. The van der Waals surface area contributed by atoms with E-state index in [-0.39, 0.29) is 12.5 Å². The van der Waals surface area contributed by atoms with E-state index in [9.17, 15) is 5.21 Å². The van der Waals surface area contributed by atoms with Gasteiger partial charge < -0.3 is 10.3 Å². The number of pyridine rings is 1. The highest BCUT2D eigenvalue weighted by Gasteiger charge is 2.20. The van der Waals surface area contributed by atoms with Crippen LogP contribution in [0, 0.1) is 25.7 Å². The number of oxime groups is 1. The van der Waals surface area contributed by atoms with Crippen LogP contribution in [-0.4, -0.2) is 27.6 Å². The molecule has 0 aliphatic heterocycles. The lowest BCUT2D eigenvalue weighted by molar-refractivity contribution is 0.317. The Labute approximate surface area is 171 Å². The van der Waals surface area contributed by atoms with E-state index in [2.05, 4.69) is 41.0 Å². The first-order valence-electron chi connectivity index (χ1n) is 9.51. The van der Waals surface area contributed by atoms with Gasteiger partial charge in [0, 0.05) is 35.4 Å². The van der Waals surface area contributed by atoms with E-state index in [1.807, 2.05) is 55.5 Å². The monoisotopic (exact) mass is 384 g/mol. The van der Waals surface area contributed by atoms with Gasteiger partial charge in [-0.25, -0.2) is 0 Å². The van der Waals surface area contributed by atoms with E-state index >= 15 is 0 Å². The molecule has 0 aliphatic carbocycles. The van der Waals surface area contributed by atoms with Crippen LogP contribution >= 0.6 is 0 Å². The topological polar surface area (TPSA) is 65.7 Å². The minimum atomic E-state index is -0.157. The molecule has 0 amide bonds. The van der Waals surface area contributed by atoms with Crippen molar-refractivity contribution < 1.29 is 10.3 Å². The largest absolute Gasteiger partial charge is 0.411 e. The van der Waals surface area contributed by atoms with E-state index in [1.165, 1.54) is 11.1 Å². The fourth-order valence-electron chi connectivity index (χ4n) is 3.46. The van der Waals surface area contributed by atoms with Crippen molar-refractivity contribution in [2.24, 2.45) is 5.16 Å². The van der Waals surface area contributed by atoms with Crippen molar-refractivity contribution in [3.8, 4) is 11.8 Å². The van der Waals surface area contributed by atoms with Crippen LogP contribution in [0.25, 0.3) is 0 Å². The lowest BCUT2D eigenvalue weighted by Gasteiger charge is -2.21. The van der Waals surface area contributed by atoms with Gasteiger partial charge in [0.2, 0.25) is 0 Å². The van der Waals surface area contributed by atoms with Gasteiger partial charge in [0.1, 0.15) is 6.61 Å². The molecule has 4 heteroatoms. The van der Waals surface area contributed by atoms with Crippen molar-refractivity contribution in [2.45, 2.75) is 26.2 Å². The minimum absolute atomic E-state index is 0.0235. The summed E-state index contributed by atoms with van der Waals surface area (Å²) >= 11 is 0. The summed E-state index contributed by atoms with van der Waals surface area (Å²) in [5, 5.41) is 22.3. The average Bonchev–Trinajstić information content (AvgIpc) is 2.74. The lowest BCUT2D eigenvalue weighted by atomic mass is 9.83. The van der Waals surface area contributed by atoms with Crippen molar-refractivity contribution >= 4 is 5.71 Å². The number of aryl methyl sites for hydroxylation is 2. The summed E-state index contributed by atoms with van der Waals surface area (Å²) < 4.78 is 0. The van der Waals surface area contributed by atoms with Crippen molar-refractivity contribution in [1.82, 2.24) is 4.98 Å². The fraction of sp³-hybridized carbons (Fsp3) is 0.200. The molecule has 146 valence electrons. The summed E-state index contributed by atoms with van der Waals surface area (Å²) in [5.41, 5.74) is 6.70. The van der Waals surface area contributed by atoms with Gasteiger partial charge in [0.25, 0.3) is 0 Å². The van der Waals surface area contributed by atoms with Crippen LogP contribution < -0.4 is 0 Å². The number of hydrogen-bond donors (Lipinski definition) is 2. The van der Waals surface area contributed by atoms with E-state index in [1.54, 1.807) is 6.20 Å². The molecule has 0 spiro atoms. The Morgan fingerprint density at radius 1 is 1.07 bits per heavy atom. The Kier molecular flexibility index (Phi) is 6.78. The zero-order chi connectivity index (χ0) is 20.6. The Balaban J connectivity index is 2.01. The molecule has 0 saturated heterocycles. The Morgan fingerprint density at radius 3 is 2.48 bits per heavy atom. The van der Waals surface area contributed by atoms with Gasteiger partial charge in [0.15, 0.2) is 0 Å². The third-order valence-electron chi connectivity index (χ3n) is 4.94. The Bertz CT molecular complexity index is 1060. The van der Waals surface area contributed by atoms with E-state index in [4.69, 9.17) is 5.11 Å². The number of nitrogens with zero attached hydrogens (tertiary/aromatic N) is 2. The summed E-state index contributed by atoms with van der Waals surface area (Å²) in [6, 6.07) is 20.1. The van der Waals surface area contributed by atoms with Crippen molar-refractivity contribution in [3.63, 3.8) is 0 Å². The maximum atomic E-state index is 9.75. The van der Waals surface area contributed by atoms with E-state index < -0.39 is 0 Å². The smallest absolute Gasteiger partial charge is 0.104 e. The average molecular weight is 384 g/mol. The zero-order valence-electron chi connectivity index (χ0n) is 16.6. The molecular weight excluding hydrogens is 360 g/mol. The number of aromatic nitrogens is 1. The third kappa shape index (κ3) is 5.10. The highest BCUT2D eigenvalue weighted by Crippen LogP contribution is 2.32. The molecule has 0 bridgehead atoms. The number of aliphatic hydroxyl groups excluding tert-OH is 1. The fourth-order valence-corrected chi connectivity index (χ4v) is 3.46. The predicted octanol–water partition coefficient (Wildman–Crippen LogP) is 4.44. The van der Waals surface area contributed by atoms with E-state index in [0.29, 0.717) is 12.1 Å². The third-order valence-corrected chi connectivity index (χ3v) is 4.94. The molecule has 4 nitrogen and oxygen atoms in total. The molecule has 0 aliphatic rings. The first kappa shape index (κ1) is 20.3. The van der Waals surface area contributed by atoms with Gasteiger partial charge in [-0.15, -0.1) is 0 Å². The second-order valence-electron chi connectivity index (χ2n) is 6.93. The molecule has 2 N–H and O–H groups in total. The Hall–Kier alpha value is -3.42. The number of benzene rings is 2. The van der Waals surface area contributed by atoms with Crippen LogP contribution in [0.15, 0.2) is 72.0 Å². The highest BCUT2D eigenvalue weighted by atomic mass is 16.4. The second-order valence-corrected chi connectivity index (χ2v) is 6.93. The molecule has 1 atom stereocenters. The maximum absolute atomic E-state index is 9.75. The molecular formula is C25H24N2O2. The molecule has 2 aromatic carbocycles. The molecule has 0 fully saturated rings. The number of aliphatic hydroxyl groups is 1. The lowest BCUT2D eigenvalue weighted by Crippen LogP contribution is -2.12. The quantitative estimate of drug-likeness (QED) is 0.296. The van der Waals surface area contributed by atoms with Crippen LogP contribution in [0.2, 0.25) is 0 Å².